The summed E-state index contributed by atoms with van der Waals surface area (Å²) in [5.74, 6) is 1.04. The summed E-state index contributed by atoms with van der Waals surface area (Å²) in [6.07, 6.45) is 0. The van der Waals surface area contributed by atoms with Crippen LogP contribution in [-0.2, 0) is 5.75 Å². The van der Waals surface area contributed by atoms with Crippen LogP contribution in [0.15, 0.2) is 121 Å². The van der Waals surface area contributed by atoms with Crippen LogP contribution < -0.4 is 9.37 Å². The molecule has 0 aliphatic carbocycles. The Labute approximate surface area is 169 Å². The van der Waals surface area contributed by atoms with E-state index in [1.165, 1.54) is 14.9 Å². The zero-order valence-corrected chi connectivity index (χ0v) is 19.9. The maximum absolute atomic E-state index is 3.35. The van der Waals surface area contributed by atoms with Gasteiger partial charge in [0.2, 0.25) is 0 Å². The first kappa shape index (κ1) is 18.5. The molecule has 0 aromatic heterocycles. The fraction of sp³-hybridized carbons (Fsp3) is 0.0400. The van der Waals surface area contributed by atoms with E-state index in [9.17, 15) is 0 Å². The number of hydrogen-bond acceptors (Lipinski definition) is 1. The van der Waals surface area contributed by atoms with Gasteiger partial charge in [-0.2, -0.15) is 0 Å². The van der Waals surface area contributed by atoms with Crippen molar-refractivity contribution in [3.63, 3.8) is 0 Å². The Morgan fingerprint density at radius 3 is 1.15 bits per heavy atom. The van der Waals surface area contributed by atoms with Gasteiger partial charge in [-0.25, -0.2) is 0 Å². The Morgan fingerprint density at radius 1 is 0.444 bits per heavy atom. The van der Waals surface area contributed by atoms with Crippen molar-refractivity contribution in [3.05, 3.63) is 127 Å². The molecule has 0 N–H and O–H groups in total. The van der Waals surface area contributed by atoms with E-state index in [2.05, 4.69) is 130 Å². The van der Waals surface area contributed by atoms with Gasteiger partial charge in [0.25, 0.3) is 0 Å². The normalized spacial score (nSPS) is 11.3. The van der Waals surface area contributed by atoms with E-state index in [0.717, 1.165) is 5.75 Å². The molecule has 0 fully saturated rings. The van der Waals surface area contributed by atoms with Gasteiger partial charge in [0.05, 0.1) is 0 Å². The molecule has 2 heteroatoms. The second-order valence-corrected chi connectivity index (χ2v) is 27.9. The van der Waals surface area contributed by atoms with Crippen LogP contribution in [0.1, 0.15) is 5.56 Å². The van der Waals surface area contributed by atoms with E-state index in [4.69, 9.17) is 0 Å². The molecular formula is C25H22PbS. The van der Waals surface area contributed by atoms with E-state index in [0.29, 0.717) is 0 Å². The van der Waals surface area contributed by atoms with Crippen molar-refractivity contribution in [1.82, 2.24) is 0 Å². The second-order valence-electron chi connectivity index (χ2n) is 6.55. The summed E-state index contributed by atoms with van der Waals surface area (Å²) in [4.78, 5) is 0. The molecule has 0 unspecified atom stereocenters. The van der Waals surface area contributed by atoms with Gasteiger partial charge in [0.1, 0.15) is 0 Å². The van der Waals surface area contributed by atoms with Crippen LogP contribution in [0.25, 0.3) is 0 Å². The van der Waals surface area contributed by atoms with Gasteiger partial charge < -0.3 is 0 Å². The van der Waals surface area contributed by atoms with Gasteiger partial charge in [-0.3, -0.25) is 0 Å². The Bertz CT molecular complexity index is 857. The summed E-state index contributed by atoms with van der Waals surface area (Å²) in [6.45, 7) is 0. The Kier molecular flexibility index (Phi) is 6.10. The van der Waals surface area contributed by atoms with Crippen LogP contribution in [0.5, 0.6) is 0 Å². The Morgan fingerprint density at radius 2 is 0.778 bits per heavy atom. The van der Waals surface area contributed by atoms with Gasteiger partial charge in [0, 0.05) is 0 Å². The van der Waals surface area contributed by atoms with Crippen LogP contribution in [-0.4, -0.2) is 19.7 Å². The summed E-state index contributed by atoms with van der Waals surface area (Å²) in [7, 11) is 2.20. The molecule has 27 heavy (non-hydrogen) atoms. The van der Waals surface area contributed by atoms with E-state index in [-0.39, 0.29) is 0 Å². The van der Waals surface area contributed by atoms with Crippen molar-refractivity contribution in [2.75, 3.05) is 0 Å². The van der Waals surface area contributed by atoms with Crippen LogP contribution in [0.4, 0.5) is 0 Å². The first-order valence-corrected chi connectivity index (χ1v) is 20.8. The molecule has 4 aromatic carbocycles. The fourth-order valence-corrected chi connectivity index (χ4v) is 30.1. The number of rotatable bonds is 6. The van der Waals surface area contributed by atoms with E-state index in [1.807, 2.05) is 0 Å². The molecule has 0 amide bonds. The predicted molar refractivity (Wildman–Crippen MR) is 122 cm³/mol. The third-order valence-corrected chi connectivity index (χ3v) is 32.1. The van der Waals surface area contributed by atoms with Crippen molar-refractivity contribution in [3.8, 4) is 0 Å². The fourth-order valence-electron chi connectivity index (χ4n) is 3.53. The molecular weight excluding hydrogens is 540 g/mol. The van der Waals surface area contributed by atoms with Gasteiger partial charge in [-0.15, -0.1) is 0 Å². The molecule has 132 valence electrons. The molecule has 0 saturated carbocycles. The van der Waals surface area contributed by atoms with Gasteiger partial charge in [0.15, 0.2) is 0 Å². The minimum absolute atomic E-state index is 1.04. The first-order chi connectivity index (χ1) is 13.4. The summed E-state index contributed by atoms with van der Waals surface area (Å²) in [5, 5.41) is 0. The Hall–Kier alpha value is -1.85. The van der Waals surface area contributed by atoms with Crippen LogP contribution in [0, 0.1) is 0 Å². The van der Waals surface area contributed by atoms with Crippen LogP contribution in [0.3, 0.4) is 0 Å². The second kappa shape index (κ2) is 8.89. The molecule has 0 atom stereocenters. The average Bonchev–Trinajstić information content (AvgIpc) is 2.77. The topological polar surface area (TPSA) is 0 Å². The molecule has 4 rings (SSSR count). The summed E-state index contributed by atoms with van der Waals surface area (Å²) < 4.78 is 4.59. The molecule has 0 spiro atoms. The van der Waals surface area contributed by atoms with Crippen molar-refractivity contribution < 1.29 is 0 Å². The van der Waals surface area contributed by atoms with E-state index < -0.39 is 19.7 Å². The molecule has 4 aromatic rings. The number of hydrogen-bond donors (Lipinski definition) is 0. The predicted octanol–water partition coefficient (Wildman–Crippen LogP) is 4.59. The van der Waals surface area contributed by atoms with Crippen LogP contribution >= 0.6 is 8.31 Å². The van der Waals surface area contributed by atoms with Gasteiger partial charge in [-0.1, -0.05) is 0 Å². The molecule has 0 saturated heterocycles. The SMILES string of the molecule is c1ccc(C[S][Pb]([c]2ccccc2)([c]2ccccc2)[c]2ccccc2)cc1. The molecule has 0 aliphatic heterocycles. The zero-order valence-electron chi connectivity index (χ0n) is 15.2. The zero-order chi connectivity index (χ0) is 18.4. The summed E-state index contributed by atoms with van der Waals surface area (Å²) in [6, 6.07) is 44.5. The molecule has 0 heterocycles. The third-order valence-electron chi connectivity index (χ3n) is 4.84. The maximum atomic E-state index is 2.35. The van der Waals surface area contributed by atoms with E-state index in [1.54, 1.807) is 0 Å². The Balaban J connectivity index is 1.89. The average molecular weight is 562 g/mol. The van der Waals surface area contributed by atoms with Crippen molar-refractivity contribution >= 4 is 37.4 Å². The molecule has 0 aliphatic rings. The van der Waals surface area contributed by atoms with Crippen LogP contribution in [0.2, 0.25) is 0 Å². The number of benzene rings is 4. The van der Waals surface area contributed by atoms with Crippen molar-refractivity contribution in [1.29, 1.82) is 0 Å². The van der Waals surface area contributed by atoms with E-state index >= 15 is 0 Å². The molecule has 0 radical (unpaired) electrons. The summed E-state index contributed by atoms with van der Waals surface area (Å²) >= 11 is -3.35. The third kappa shape index (κ3) is 4.04. The summed E-state index contributed by atoms with van der Waals surface area (Å²) in [5.41, 5.74) is 1.40. The van der Waals surface area contributed by atoms with Crippen molar-refractivity contribution in [2.45, 2.75) is 5.75 Å². The molecule has 0 nitrogen and oxygen atoms in total. The van der Waals surface area contributed by atoms with Gasteiger partial charge >= 0.3 is 170 Å². The van der Waals surface area contributed by atoms with Crippen molar-refractivity contribution in [2.24, 2.45) is 0 Å². The first-order valence-electron chi connectivity index (χ1n) is 9.24. The van der Waals surface area contributed by atoms with Gasteiger partial charge in [-0.05, 0) is 0 Å². The molecule has 0 bridgehead atoms. The minimum atomic E-state index is -3.35. The monoisotopic (exact) mass is 562 g/mol. The standard InChI is InChI=1S/C7H8S.3C6H5.Pb/c8-6-7-4-2-1-3-5-7;3*1-2-4-6-5-3-1;/h1-5,8H,6H2;3*1-5H;/q;;;;+1/p-1. The quantitative estimate of drug-likeness (QED) is 0.311.